The summed E-state index contributed by atoms with van der Waals surface area (Å²) in [4.78, 5) is 13.8. The molecule has 130 valence electrons. The SMILES string of the molecule is c1ccc2oc(N3CCCN(Cc4noc(C5CC5)n4)CC3)nc2c1. The molecule has 2 aromatic heterocycles. The summed E-state index contributed by atoms with van der Waals surface area (Å²) < 4.78 is 11.3. The highest BCUT2D eigenvalue weighted by Crippen LogP contribution is 2.38. The zero-order chi connectivity index (χ0) is 16.6. The fourth-order valence-electron chi connectivity index (χ4n) is 3.34. The predicted molar refractivity (Wildman–Crippen MR) is 92.4 cm³/mol. The quantitative estimate of drug-likeness (QED) is 0.724. The maximum Gasteiger partial charge on any atom is 0.298 e. The van der Waals surface area contributed by atoms with Crippen LogP contribution in [0, 0.1) is 0 Å². The van der Waals surface area contributed by atoms with Gasteiger partial charge in [-0.1, -0.05) is 17.3 Å². The molecule has 1 aliphatic heterocycles. The number of para-hydroxylation sites is 2. The van der Waals surface area contributed by atoms with E-state index in [1.165, 1.54) is 12.8 Å². The van der Waals surface area contributed by atoms with Crippen molar-refractivity contribution in [3.05, 3.63) is 36.0 Å². The van der Waals surface area contributed by atoms with E-state index in [2.05, 4.69) is 24.9 Å². The van der Waals surface area contributed by atoms with E-state index in [1.54, 1.807) is 0 Å². The van der Waals surface area contributed by atoms with Gasteiger partial charge < -0.3 is 13.8 Å². The summed E-state index contributed by atoms with van der Waals surface area (Å²) in [5.74, 6) is 2.13. The predicted octanol–water partition coefficient (Wildman–Crippen LogP) is 2.80. The third-order valence-electron chi connectivity index (χ3n) is 4.92. The van der Waals surface area contributed by atoms with E-state index in [9.17, 15) is 0 Å². The Morgan fingerprint density at radius 1 is 1.04 bits per heavy atom. The largest absolute Gasteiger partial charge is 0.423 e. The zero-order valence-electron chi connectivity index (χ0n) is 14.1. The molecule has 1 aliphatic carbocycles. The van der Waals surface area contributed by atoms with Crippen molar-refractivity contribution in [2.24, 2.45) is 0 Å². The topological polar surface area (TPSA) is 71.4 Å². The van der Waals surface area contributed by atoms with Gasteiger partial charge in [-0.3, -0.25) is 4.90 Å². The van der Waals surface area contributed by atoms with Crippen molar-refractivity contribution >= 4 is 17.1 Å². The highest BCUT2D eigenvalue weighted by molar-refractivity contribution is 5.74. The van der Waals surface area contributed by atoms with Gasteiger partial charge in [0, 0.05) is 32.1 Å². The molecule has 2 aliphatic rings. The first-order chi connectivity index (χ1) is 12.3. The summed E-state index contributed by atoms with van der Waals surface area (Å²) in [5.41, 5.74) is 1.76. The number of benzene rings is 1. The van der Waals surface area contributed by atoms with E-state index < -0.39 is 0 Å². The van der Waals surface area contributed by atoms with E-state index in [1.807, 2.05) is 24.3 Å². The van der Waals surface area contributed by atoms with E-state index in [0.29, 0.717) is 5.92 Å². The van der Waals surface area contributed by atoms with Crippen molar-refractivity contribution in [1.82, 2.24) is 20.0 Å². The van der Waals surface area contributed by atoms with Crippen LogP contribution in [0.1, 0.15) is 36.9 Å². The minimum absolute atomic E-state index is 0.514. The molecule has 2 fully saturated rings. The Bertz CT molecular complexity index is 836. The molecule has 0 radical (unpaired) electrons. The lowest BCUT2D eigenvalue weighted by Gasteiger charge is -2.19. The van der Waals surface area contributed by atoms with Crippen LogP contribution in [-0.4, -0.2) is 46.2 Å². The van der Waals surface area contributed by atoms with Gasteiger partial charge in [-0.15, -0.1) is 0 Å². The monoisotopic (exact) mass is 339 g/mol. The van der Waals surface area contributed by atoms with Crippen LogP contribution in [0.25, 0.3) is 11.1 Å². The van der Waals surface area contributed by atoms with Crippen LogP contribution in [0.4, 0.5) is 6.01 Å². The number of oxazole rings is 1. The summed E-state index contributed by atoms with van der Waals surface area (Å²) in [6, 6.07) is 8.63. The highest BCUT2D eigenvalue weighted by Gasteiger charge is 2.30. The molecular formula is C18H21N5O2. The maximum atomic E-state index is 5.91. The Kier molecular flexibility index (Phi) is 3.66. The van der Waals surface area contributed by atoms with Gasteiger partial charge in [-0.2, -0.15) is 9.97 Å². The number of anilines is 1. The lowest BCUT2D eigenvalue weighted by molar-refractivity contribution is 0.271. The van der Waals surface area contributed by atoms with Gasteiger partial charge in [0.25, 0.3) is 6.01 Å². The standard InChI is InChI=1S/C18H21N5O2/c1-2-5-15-14(4-1)19-18(24-15)23-9-3-8-22(10-11-23)12-16-20-17(25-21-16)13-6-7-13/h1-2,4-5,13H,3,6-12H2. The first-order valence-corrected chi connectivity index (χ1v) is 9.00. The summed E-state index contributed by atoms with van der Waals surface area (Å²) in [6.45, 7) is 4.54. The molecule has 0 spiro atoms. The van der Waals surface area contributed by atoms with Crippen molar-refractivity contribution in [2.75, 3.05) is 31.1 Å². The van der Waals surface area contributed by atoms with Crippen molar-refractivity contribution in [2.45, 2.75) is 31.7 Å². The normalized spacial score (nSPS) is 19.4. The summed E-state index contributed by atoms with van der Waals surface area (Å²) in [7, 11) is 0. The molecule has 0 amide bonds. The zero-order valence-corrected chi connectivity index (χ0v) is 14.1. The summed E-state index contributed by atoms with van der Waals surface area (Å²) in [5, 5.41) is 4.14. The lowest BCUT2D eigenvalue weighted by Crippen LogP contribution is -2.30. The average molecular weight is 339 g/mol. The fraction of sp³-hybridized carbons (Fsp3) is 0.500. The minimum Gasteiger partial charge on any atom is -0.423 e. The molecular weight excluding hydrogens is 318 g/mol. The first kappa shape index (κ1) is 14.9. The number of aromatic nitrogens is 3. The molecule has 7 nitrogen and oxygen atoms in total. The van der Waals surface area contributed by atoms with Crippen LogP contribution in [-0.2, 0) is 6.54 Å². The molecule has 0 unspecified atom stereocenters. The molecule has 25 heavy (non-hydrogen) atoms. The van der Waals surface area contributed by atoms with Crippen LogP contribution < -0.4 is 4.90 Å². The van der Waals surface area contributed by atoms with Gasteiger partial charge in [0.15, 0.2) is 11.4 Å². The van der Waals surface area contributed by atoms with Crippen molar-refractivity contribution in [3.8, 4) is 0 Å². The molecule has 0 bridgehead atoms. The molecule has 1 aromatic carbocycles. The third-order valence-corrected chi connectivity index (χ3v) is 4.92. The van der Waals surface area contributed by atoms with Crippen molar-refractivity contribution in [1.29, 1.82) is 0 Å². The Morgan fingerprint density at radius 2 is 1.96 bits per heavy atom. The smallest absolute Gasteiger partial charge is 0.298 e. The van der Waals surface area contributed by atoms with Gasteiger partial charge in [0.2, 0.25) is 5.89 Å². The van der Waals surface area contributed by atoms with Crippen LogP contribution in [0.3, 0.4) is 0 Å². The van der Waals surface area contributed by atoms with Crippen molar-refractivity contribution in [3.63, 3.8) is 0 Å². The van der Waals surface area contributed by atoms with Crippen LogP contribution in [0.2, 0.25) is 0 Å². The Balaban J connectivity index is 1.24. The van der Waals surface area contributed by atoms with Crippen molar-refractivity contribution < 1.29 is 8.94 Å². The Morgan fingerprint density at radius 3 is 2.84 bits per heavy atom. The molecule has 1 saturated carbocycles. The second-order valence-corrected chi connectivity index (χ2v) is 6.90. The molecule has 7 heteroatoms. The van der Waals surface area contributed by atoms with Crippen LogP contribution in [0.15, 0.2) is 33.2 Å². The minimum atomic E-state index is 0.514. The van der Waals surface area contributed by atoms with Crippen LogP contribution >= 0.6 is 0 Å². The van der Waals surface area contributed by atoms with Gasteiger partial charge >= 0.3 is 0 Å². The first-order valence-electron chi connectivity index (χ1n) is 9.00. The highest BCUT2D eigenvalue weighted by atomic mass is 16.5. The number of nitrogens with zero attached hydrogens (tertiary/aromatic N) is 5. The van der Waals surface area contributed by atoms with E-state index in [0.717, 1.165) is 68.0 Å². The number of hydrogen-bond acceptors (Lipinski definition) is 7. The average Bonchev–Trinajstić information content (AvgIpc) is 3.29. The summed E-state index contributed by atoms with van der Waals surface area (Å²) in [6.07, 6.45) is 3.43. The van der Waals surface area contributed by atoms with Gasteiger partial charge in [-0.05, 0) is 31.4 Å². The van der Waals surface area contributed by atoms with Gasteiger partial charge in [-0.25, -0.2) is 0 Å². The molecule has 3 heterocycles. The fourth-order valence-corrected chi connectivity index (χ4v) is 3.34. The van der Waals surface area contributed by atoms with Gasteiger partial charge in [0.1, 0.15) is 5.52 Å². The van der Waals surface area contributed by atoms with E-state index in [-0.39, 0.29) is 0 Å². The summed E-state index contributed by atoms with van der Waals surface area (Å²) >= 11 is 0. The Labute approximate surface area is 145 Å². The molecule has 0 atom stereocenters. The number of hydrogen-bond donors (Lipinski definition) is 0. The van der Waals surface area contributed by atoms with E-state index in [4.69, 9.17) is 8.94 Å². The second kappa shape index (κ2) is 6.15. The molecule has 5 rings (SSSR count). The number of fused-ring (bicyclic) bond motifs is 1. The van der Waals surface area contributed by atoms with Gasteiger partial charge in [0.05, 0.1) is 6.54 Å². The van der Waals surface area contributed by atoms with Crippen LogP contribution in [0.5, 0.6) is 0 Å². The lowest BCUT2D eigenvalue weighted by atomic mass is 10.3. The maximum absolute atomic E-state index is 5.91. The van der Waals surface area contributed by atoms with E-state index >= 15 is 0 Å². The molecule has 0 N–H and O–H groups in total. The Hall–Kier alpha value is -2.41. The molecule has 1 saturated heterocycles. The second-order valence-electron chi connectivity index (χ2n) is 6.90. The number of rotatable bonds is 4. The molecule has 3 aromatic rings. The third kappa shape index (κ3) is 3.11.